The molecule has 0 saturated heterocycles. The molecule has 3 nitrogen and oxygen atoms in total. The van der Waals surface area contributed by atoms with Gasteiger partial charge in [0.2, 0.25) is 0 Å². The Balaban J connectivity index is 1.55. The molecule has 0 aliphatic heterocycles. The van der Waals surface area contributed by atoms with Crippen LogP contribution in [0, 0.1) is 0 Å². The number of thiophene rings is 1. The van der Waals surface area contributed by atoms with Crippen molar-refractivity contribution in [3.63, 3.8) is 0 Å². The van der Waals surface area contributed by atoms with Gasteiger partial charge >= 0.3 is 0 Å². The molecule has 4 rings (SSSR count). The summed E-state index contributed by atoms with van der Waals surface area (Å²) in [5.41, 5.74) is 2.30. The van der Waals surface area contributed by atoms with E-state index in [-0.39, 0.29) is 5.91 Å². The van der Waals surface area contributed by atoms with Crippen LogP contribution in [0.5, 0.6) is 0 Å². The van der Waals surface area contributed by atoms with E-state index in [1.165, 1.54) is 30.2 Å². The minimum absolute atomic E-state index is 0.0768. The van der Waals surface area contributed by atoms with Crippen LogP contribution in [-0.4, -0.2) is 16.9 Å². The molecule has 1 aromatic carbocycles. The first-order valence-electron chi connectivity index (χ1n) is 8.28. The van der Waals surface area contributed by atoms with E-state index in [9.17, 15) is 4.79 Å². The highest BCUT2D eigenvalue weighted by Crippen LogP contribution is 2.33. The van der Waals surface area contributed by atoms with Crippen LogP contribution >= 0.6 is 11.3 Å². The van der Waals surface area contributed by atoms with Gasteiger partial charge in [0.15, 0.2) is 0 Å². The Morgan fingerprint density at radius 1 is 1.09 bits per heavy atom. The van der Waals surface area contributed by atoms with E-state index >= 15 is 0 Å². The molecule has 4 heteroatoms. The molecule has 1 fully saturated rings. The zero-order chi connectivity index (χ0) is 15.6. The summed E-state index contributed by atoms with van der Waals surface area (Å²) in [5.74, 6) is 0.0768. The number of fused-ring (bicyclic) bond motifs is 1. The van der Waals surface area contributed by atoms with Crippen molar-refractivity contribution in [1.82, 2.24) is 10.3 Å². The third kappa shape index (κ3) is 2.91. The molecule has 0 spiro atoms. The number of carbonyl (C=O) groups is 1. The van der Waals surface area contributed by atoms with Gasteiger partial charge in [0.05, 0.1) is 4.88 Å². The predicted molar refractivity (Wildman–Crippen MR) is 96.0 cm³/mol. The van der Waals surface area contributed by atoms with E-state index in [4.69, 9.17) is 0 Å². The lowest BCUT2D eigenvalue weighted by Gasteiger charge is -2.22. The molecule has 23 heavy (non-hydrogen) atoms. The maximum Gasteiger partial charge on any atom is 0.261 e. The zero-order valence-electron chi connectivity index (χ0n) is 13.0. The molecule has 1 saturated carbocycles. The first-order valence-corrected chi connectivity index (χ1v) is 9.10. The van der Waals surface area contributed by atoms with Gasteiger partial charge in [0, 0.05) is 33.6 Å². The first-order chi connectivity index (χ1) is 11.3. The van der Waals surface area contributed by atoms with Gasteiger partial charge in [-0.1, -0.05) is 37.5 Å². The number of rotatable bonds is 3. The summed E-state index contributed by atoms with van der Waals surface area (Å²) in [7, 11) is 0. The summed E-state index contributed by atoms with van der Waals surface area (Å²) < 4.78 is 0. The number of benzene rings is 1. The van der Waals surface area contributed by atoms with Crippen LogP contribution in [0.2, 0.25) is 0 Å². The third-order valence-electron chi connectivity index (χ3n) is 4.62. The third-order valence-corrected chi connectivity index (χ3v) is 5.74. The minimum Gasteiger partial charge on any atom is -0.361 e. The van der Waals surface area contributed by atoms with Crippen LogP contribution in [0.4, 0.5) is 0 Å². The molecular formula is C19H20N2OS. The molecule has 2 N–H and O–H groups in total. The smallest absolute Gasteiger partial charge is 0.261 e. The molecule has 1 aliphatic carbocycles. The van der Waals surface area contributed by atoms with Crippen LogP contribution in [0.25, 0.3) is 21.3 Å². The van der Waals surface area contributed by atoms with Gasteiger partial charge < -0.3 is 10.3 Å². The fraction of sp³-hybridized carbons (Fsp3) is 0.316. The second-order valence-electron chi connectivity index (χ2n) is 6.22. The van der Waals surface area contributed by atoms with Gasteiger partial charge in [-0.2, -0.15) is 0 Å². The van der Waals surface area contributed by atoms with E-state index in [0.717, 1.165) is 28.1 Å². The number of aromatic nitrogens is 1. The molecule has 3 aromatic rings. The van der Waals surface area contributed by atoms with Gasteiger partial charge in [-0.3, -0.25) is 4.79 Å². The van der Waals surface area contributed by atoms with Crippen molar-refractivity contribution in [2.45, 2.75) is 38.1 Å². The van der Waals surface area contributed by atoms with Crippen LogP contribution in [0.15, 0.2) is 42.6 Å². The maximum atomic E-state index is 12.5. The number of para-hydroxylation sites is 1. The number of hydrogen-bond donors (Lipinski definition) is 2. The fourth-order valence-electron chi connectivity index (χ4n) is 3.38. The van der Waals surface area contributed by atoms with Crippen molar-refractivity contribution < 1.29 is 4.79 Å². The molecule has 0 bridgehead atoms. The highest BCUT2D eigenvalue weighted by atomic mass is 32.1. The number of hydrogen-bond acceptors (Lipinski definition) is 2. The van der Waals surface area contributed by atoms with Crippen molar-refractivity contribution in [1.29, 1.82) is 0 Å². The second kappa shape index (κ2) is 6.20. The number of nitrogens with one attached hydrogen (secondary N) is 2. The monoisotopic (exact) mass is 324 g/mol. The highest BCUT2D eigenvalue weighted by Gasteiger charge is 2.18. The Bertz CT molecular complexity index is 827. The number of carbonyl (C=O) groups excluding carboxylic acids is 1. The minimum atomic E-state index is 0.0768. The summed E-state index contributed by atoms with van der Waals surface area (Å²) in [6.45, 7) is 0. The molecule has 1 aliphatic rings. The van der Waals surface area contributed by atoms with Gasteiger partial charge in [0.25, 0.3) is 5.91 Å². The summed E-state index contributed by atoms with van der Waals surface area (Å²) in [5, 5.41) is 4.40. The van der Waals surface area contributed by atoms with E-state index in [0.29, 0.717) is 6.04 Å². The molecule has 2 heterocycles. The molecule has 2 aromatic heterocycles. The van der Waals surface area contributed by atoms with Crippen LogP contribution < -0.4 is 5.32 Å². The van der Waals surface area contributed by atoms with Crippen molar-refractivity contribution in [2.24, 2.45) is 0 Å². The Kier molecular flexibility index (Phi) is 3.92. The lowest BCUT2D eigenvalue weighted by atomic mass is 9.95. The topological polar surface area (TPSA) is 44.9 Å². The van der Waals surface area contributed by atoms with Crippen LogP contribution in [0.3, 0.4) is 0 Å². The molecule has 1 amide bonds. The maximum absolute atomic E-state index is 12.5. The van der Waals surface area contributed by atoms with E-state index in [2.05, 4.69) is 28.5 Å². The average Bonchev–Trinajstić information content (AvgIpc) is 3.22. The van der Waals surface area contributed by atoms with Gasteiger partial charge in [-0.05, 0) is 31.0 Å². The Morgan fingerprint density at radius 2 is 1.91 bits per heavy atom. The molecular weight excluding hydrogens is 304 g/mol. The Hall–Kier alpha value is -2.07. The van der Waals surface area contributed by atoms with Gasteiger partial charge in [-0.15, -0.1) is 11.3 Å². The lowest BCUT2D eigenvalue weighted by Crippen LogP contribution is -2.35. The number of amides is 1. The van der Waals surface area contributed by atoms with E-state index in [1.54, 1.807) is 11.3 Å². The normalized spacial score (nSPS) is 15.8. The number of aromatic amines is 1. The van der Waals surface area contributed by atoms with Crippen molar-refractivity contribution in [3.8, 4) is 10.4 Å². The van der Waals surface area contributed by atoms with Gasteiger partial charge in [0.1, 0.15) is 0 Å². The summed E-state index contributed by atoms with van der Waals surface area (Å²) in [6, 6.07) is 12.6. The second-order valence-corrected chi connectivity index (χ2v) is 7.30. The van der Waals surface area contributed by atoms with Crippen molar-refractivity contribution in [3.05, 3.63) is 47.5 Å². The lowest BCUT2D eigenvalue weighted by molar-refractivity contribution is 0.0932. The SMILES string of the molecule is O=C(NC1CCCCC1)c1ccc(-c2c[nH]c3ccccc23)s1. The van der Waals surface area contributed by atoms with E-state index < -0.39 is 0 Å². The predicted octanol–water partition coefficient (Wildman–Crippen LogP) is 4.96. The van der Waals surface area contributed by atoms with Crippen LogP contribution in [-0.2, 0) is 0 Å². The fourth-order valence-corrected chi connectivity index (χ4v) is 4.32. The quantitative estimate of drug-likeness (QED) is 0.703. The Labute approximate surface area is 139 Å². The highest BCUT2D eigenvalue weighted by molar-refractivity contribution is 7.17. The summed E-state index contributed by atoms with van der Waals surface area (Å²) >= 11 is 1.57. The van der Waals surface area contributed by atoms with Crippen LogP contribution in [0.1, 0.15) is 41.8 Å². The summed E-state index contributed by atoms with van der Waals surface area (Å²) in [4.78, 5) is 17.7. The molecule has 118 valence electrons. The average molecular weight is 324 g/mol. The zero-order valence-corrected chi connectivity index (χ0v) is 13.8. The van der Waals surface area contributed by atoms with E-state index in [1.807, 2.05) is 24.4 Å². The molecule has 0 unspecified atom stereocenters. The standard InChI is InChI=1S/C19H20N2OS/c22-19(21-13-6-2-1-3-7-13)18-11-10-17(23-18)15-12-20-16-9-5-4-8-14(15)16/h4-5,8-13,20H,1-3,6-7H2,(H,21,22). The molecule has 0 atom stereocenters. The first kappa shape index (κ1) is 14.5. The summed E-state index contributed by atoms with van der Waals surface area (Å²) in [6.07, 6.45) is 8.03. The Morgan fingerprint density at radius 3 is 2.78 bits per heavy atom. The number of H-pyrrole nitrogens is 1. The van der Waals surface area contributed by atoms with Crippen molar-refractivity contribution >= 4 is 28.1 Å². The van der Waals surface area contributed by atoms with Gasteiger partial charge in [-0.25, -0.2) is 0 Å². The molecule has 0 radical (unpaired) electrons. The van der Waals surface area contributed by atoms with Crippen molar-refractivity contribution in [2.75, 3.05) is 0 Å². The largest absolute Gasteiger partial charge is 0.361 e.